The highest BCUT2D eigenvalue weighted by atomic mass is 32.2. The van der Waals surface area contributed by atoms with E-state index in [4.69, 9.17) is 4.74 Å². The Morgan fingerprint density at radius 1 is 1.11 bits per heavy atom. The van der Waals surface area contributed by atoms with Crippen molar-refractivity contribution < 1.29 is 17.9 Å². The Kier molecular flexibility index (Phi) is 4.95. The van der Waals surface area contributed by atoms with E-state index in [1.165, 1.54) is 11.3 Å². The number of rotatable bonds is 5. The van der Waals surface area contributed by atoms with Gasteiger partial charge in [-0.1, -0.05) is 36.4 Å². The van der Waals surface area contributed by atoms with Crippen LogP contribution >= 0.6 is 11.3 Å². The summed E-state index contributed by atoms with van der Waals surface area (Å²) in [6, 6.07) is 15.9. The minimum atomic E-state index is -3.72. The topological polar surface area (TPSA) is 72.5 Å². The molecule has 2 heterocycles. The van der Waals surface area contributed by atoms with E-state index in [1.54, 1.807) is 35.7 Å². The van der Waals surface area contributed by atoms with Gasteiger partial charge in [-0.2, -0.15) is 0 Å². The minimum absolute atomic E-state index is 0.144. The van der Waals surface area contributed by atoms with Crippen molar-refractivity contribution >= 4 is 32.8 Å². The molecule has 0 fully saturated rings. The number of anilines is 1. The quantitative estimate of drug-likeness (QED) is 0.671. The fourth-order valence-electron chi connectivity index (χ4n) is 3.44. The molecule has 0 spiro atoms. The van der Waals surface area contributed by atoms with Crippen molar-refractivity contribution in [1.82, 2.24) is 0 Å². The number of thiophene rings is 1. The number of carbonyl (C=O) groups is 1. The van der Waals surface area contributed by atoms with Gasteiger partial charge in [0.05, 0.1) is 17.2 Å². The highest BCUT2D eigenvalue weighted by Crippen LogP contribution is 2.47. The zero-order valence-electron chi connectivity index (χ0n) is 15.2. The lowest BCUT2D eigenvalue weighted by Gasteiger charge is -2.25. The zero-order valence-corrected chi connectivity index (χ0v) is 16.8. The maximum absolute atomic E-state index is 13.1. The third-order valence-electron chi connectivity index (χ3n) is 4.69. The van der Waals surface area contributed by atoms with Crippen LogP contribution in [0.5, 0.6) is 5.75 Å². The summed E-state index contributed by atoms with van der Waals surface area (Å²) < 4.78 is 32.0. The normalized spacial score (nSPS) is 16.3. The number of fused-ring (bicyclic) bond motifs is 1. The predicted molar refractivity (Wildman–Crippen MR) is 109 cm³/mol. The predicted octanol–water partition coefficient (Wildman–Crippen LogP) is 4.45. The van der Waals surface area contributed by atoms with Crippen molar-refractivity contribution in [1.29, 1.82) is 0 Å². The molecule has 1 aliphatic rings. The summed E-state index contributed by atoms with van der Waals surface area (Å²) in [5, 5.41) is 4.41. The minimum Gasteiger partial charge on any atom is -0.494 e. The number of benzene rings is 2. The van der Waals surface area contributed by atoms with E-state index in [-0.39, 0.29) is 28.0 Å². The third-order valence-corrected chi connectivity index (χ3v) is 7.73. The Bertz CT molecular complexity index is 1120. The zero-order chi connectivity index (χ0) is 19.7. The third kappa shape index (κ3) is 3.21. The van der Waals surface area contributed by atoms with Crippen molar-refractivity contribution in [3.05, 3.63) is 70.4 Å². The standard InChI is InChI=1S/C21H19NO4S2/c1-2-26-17-11-7-6-10-15(17)16-12-19(23)22-20-18(13-27-21(16)20)28(24,25)14-8-4-3-5-9-14/h3-11,13,16H,2,12H2,1H3,(H,22,23)/t16-/m0/s1. The number of ether oxygens (including phenoxy) is 1. The summed E-state index contributed by atoms with van der Waals surface area (Å²) in [4.78, 5) is 13.6. The van der Waals surface area contributed by atoms with E-state index in [0.29, 0.717) is 12.3 Å². The average Bonchev–Trinajstić information content (AvgIpc) is 3.13. The van der Waals surface area contributed by atoms with Crippen LogP contribution in [0.3, 0.4) is 0 Å². The smallest absolute Gasteiger partial charge is 0.225 e. The van der Waals surface area contributed by atoms with Crippen molar-refractivity contribution in [3.63, 3.8) is 0 Å². The molecule has 28 heavy (non-hydrogen) atoms. The van der Waals surface area contributed by atoms with Crippen LogP contribution in [0.2, 0.25) is 0 Å². The maximum atomic E-state index is 13.1. The number of carbonyl (C=O) groups excluding carboxylic acids is 1. The Morgan fingerprint density at radius 3 is 2.57 bits per heavy atom. The van der Waals surface area contributed by atoms with Gasteiger partial charge in [-0.05, 0) is 25.1 Å². The number of nitrogens with one attached hydrogen (secondary N) is 1. The first-order valence-corrected chi connectivity index (χ1v) is 11.3. The summed E-state index contributed by atoms with van der Waals surface area (Å²) in [5.74, 6) is 0.277. The largest absolute Gasteiger partial charge is 0.494 e. The molecule has 1 aliphatic heterocycles. The molecule has 0 bridgehead atoms. The molecule has 0 saturated carbocycles. The molecule has 1 aromatic heterocycles. The number of hydrogen-bond acceptors (Lipinski definition) is 5. The summed E-state index contributed by atoms with van der Waals surface area (Å²) >= 11 is 1.36. The van der Waals surface area contributed by atoms with E-state index < -0.39 is 9.84 Å². The molecular formula is C21H19NO4S2. The average molecular weight is 414 g/mol. The summed E-state index contributed by atoms with van der Waals surface area (Å²) in [7, 11) is -3.72. The van der Waals surface area contributed by atoms with E-state index >= 15 is 0 Å². The van der Waals surface area contributed by atoms with Gasteiger partial charge in [-0.15, -0.1) is 11.3 Å². The van der Waals surface area contributed by atoms with Crippen LogP contribution in [0.25, 0.3) is 0 Å². The molecule has 3 aromatic rings. The molecule has 0 aliphatic carbocycles. The van der Waals surface area contributed by atoms with E-state index in [0.717, 1.165) is 16.2 Å². The van der Waals surface area contributed by atoms with Crippen LogP contribution in [0.1, 0.15) is 29.7 Å². The first kappa shape index (κ1) is 18.7. The SMILES string of the molecule is CCOc1ccccc1[C@@H]1CC(=O)Nc2c(S(=O)(=O)c3ccccc3)csc21. The second kappa shape index (κ2) is 7.41. The number of amides is 1. The van der Waals surface area contributed by atoms with Crippen molar-refractivity contribution in [2.24, 2.45) is 0 Å². The lowest BCUT2D eigenvalue weighted by Crippen LogP contribution is -2.23. The Labute approximate surface area is 167 Å². The second-order valence-electron chi connectivity index (χ2n) is 6.43. The summed E-state index contributed by atoms with van der Waals surface area (Å²) in [6.45, 7) is 2.42. The number of sulfone groups is 1. The molecule has 1 amide bonds. The number of para-hydroxylation sites is 1. The van der Waals surface area contributed by atoms with Crippen LogP contribution in [0.15, 0.2) is 69.8 Å². The lowest BCUT2D eigenvalue weighted by molar-refractivity contribution is -0.116. The maximum Gasteiger partial charge on any atom is 0.225 e. The van der Waals surface area contributed by atoms with Crippen LogP contribution in [-0.2, 0) is 14.6 Å². The second-order valence-corrected chi connectivity index (χ2v) is 9.26. The summed E-state index contributed by atoms with van der Waals surface area (Å²) in [5.41, 5.74) is 1.28. The van der Waals surface area contributed by atoms with Crippen molar-refractivity contribution in [3.8, 4) is 5.75 Å². The van der Waals surface area contributed by atoms with Gasteiger partial charge >= 0.3 is 0 Å². The van der Waals surface area contributed by atoms with Crippen LogP contribution < -0.4 is 10.1 Å². The fraction of sp³-hybridized carbons (Fsp3) is 0.190. The van der Waals surface area contributed by atoms with E-state index in [2.05, 4.69) is 5.32 Å². The van der Waals surface area contributed by atoms with Gasteiger partial charge in [-0.25, -0.2) is 8.42 Å². The first-order valence-electron chi connectivity index (χ1n) is 8.95. The molecule has 0 radical (unpaired) electrons. The summed E-state index contributed by atoms with van der Waals surface area (Å²) in [6.07, 6.45) is 0.252. The van der Waals surface area contributed by atoms with Crippen LogP contribution in [0, 0.1) is 0 Å². The highest BCUT2D eigenvalue weighted by molar-refractivity contribution is 7.91. The van der Waals surface area contributed by atoms with Crippen LogP contribution in [-0.4, -0.2) is 20.9 Å². The van der Waals surface area contributed by atoms with Gasteiger partial charge in [0.25, 0.3) is 0 Å². The van der Waals surface area contributed by atoms with Crippen molar-refractivity contribution in [2.45, 2.75) is 29.1 Å². The van der Waals surface area contributed by atoms with Gasteiger partial charge in [0, 0.05) is 28.2 Å². The van der Waals surface area contributed by atoms with Gasteiger partial charge in [0.2, 0.25) is 15.7 Å². The Morgan fingerprint density at radius 2 is 1.82 bits per heavy atom. The van der Waals surface area contributed by atoms with Gasteiger partial charge < -0.3 is 10.1 Å². The number of hydrogen-bond donors (Lipinski definition) is 1. The van der Waals surface area contributed by atoms with Crippen molar-refractivity contribution in [2.75, 3.05) is 11.9 Å². The van der Waals surface area contributed by atoms with Crippen LogP contribution in [0.4, 0.5) is 5.69 Å². The Hall–Kier alpha value is -2.64. The molecule has 4 rings (SSSR count). The molecule has 144 valence electrons. The van der Waals surface area contributed by atoms with Gasteiger partial charge in [0.15, 0.2) is 0 Å². The van der Waals surface area contributed by atoms with Gasteiger partial charge in [-0.3, -0.25) is 4.79 Å². The molecule has 0 unspecified atom stereocenters. The molecule has 1 N–H and O–H groups in total. The molecule has 2 aromatic carbocycles. The molecular weight excluding hydrogens is 394 g/mol. The fourth-order valence-corrected chi connectivity index (χ4v) is 6.36. The highest BCUT2D eigenvalue weighted by Gasteiger charge is 2.35. The lowest BCUT2D eigenvalue weighted by atomic mass is 9.90. The van der Waals surface area contributed by atoms with E-state index in [9.17, 15) is 13.2 Å². The van der Waals surface area contributed by atoms with Gasteiger partial charge in [0.1, 0.15) is 10.6 Å². The first-order chi connectivity index (χ1) is 13.5. The molecule has 1 atom stereocenters. The molecule has 0 saturated heterocycles. The molecule has 7 heteroatoms. The molecule has 5 nitrogen and oxygen atoms in total. The monoisotopic (exact) mass is 413 g/mol. The Balaban J connectivity index is 1.84. The van der Waals surface area contributed by atoms with E-state index in [1.807, 2.05) is 31.2 Å².